The van der Waals surface area contributed by atoms with Gasteiger partial charge < -0.3 is 18.9 Å². The first-order valence-electron chi connectivity index (χ1n) is 10.6. The lowest BCUT2D eigenvalue weighted by Gasteiger charge is -2.36. The first kappa shape index (κ1) is 21.9. The minimum atomic E-state index is -0.805. The number of rotatable bonds is 7. The van der Waals surface area contributed by atoms with Gasteiger partial charge in [0.05, 0.1) is 16.8 Å². The molecule has 7 heteroatoms. The average molecular weight is 415 g/mol. The number of piperidine rings is 1. The maximum Gasteiger partial charge on any atom is 0.338 e. The van der Waals surface area contributed by atoms with Crippen molar-refractivity contribution in [2.45, 2.75) is 72.1 Å². The third-order valence-corrected chi connectivity index (χ3v) is 5.67. The lowest BCUT2D eigenvalue weighted by molar-refractivity contribution is -0.143. The number of ether oxygens (including phenoxy) is 2. The summed E-state index contributed by atoms with van der Waals surface area (Å²) < 4.78 is 16.3. The normalized spacial score (nSPS) is 17.5. The smallest absolute Gasteiger partial charge is 0.338 e. The topological polar surface area (TPSA) is 81.9 Å². The first-order valence-corrected chi connectivity index (χ1v) is 10.6. The van der Waals surface area contributed by atoms with Crippen LogP contribution in [0, 0.1) is 13.8 Å². The molecular formula is C23H30N2O5. The molecule has 0 saturated carbocycles. The summed E-state index contributed by atoms with van der Waals surface area (Å²) in [5, 5.41) is 3.90. The average Bonchev–Trinajstić information content (AvgIpc) is 3.09. The van der Waals surface area contributed by atoms with Crippen molar-refractivity contribution in [1.82, 2.24) is 10.1 Å². The first-order chi connectivity index (χ1) is 14.4. The molecule has 0 aliphatic carbocycles. The molecule has 7 nitrogen and oxygen atoms in total. The second-order valence-electron chi connectivity index (χ2n) is 7.75. The van der Waals surface area contributed by atoms with Gasteiger partial charge in [-0.05, 0) is 70.7 Å². The summed E-state index contributed by atoms with van der Waals surface area (Å²) >= 11 is 0. The molecule has 2 aromatic rings. The highest BCUT2D eigenvalue weighted by atomic mass is 16.5. The zero-order valence-corrected chi connectivity index (χ0v) is 18.1. The molecule has 1 aromatic carbocycles. The summed E-state index contributed by atoms with van der Waals surface area (Å²) in [6.45, 7) is 8.50. The number of carbonyl (C=O) groups is 2. The SMILES string of the molecule is CCC1CCCCN1C(=O)C(C)OC(=O)c1ccc(OCc2c(C)noc2C)cc1. The van der Waals surface area contributed by atoms with E-state index in [1.807, 2.05) is 18.7 Å². The fourth-order valence-corrected chi connectivity index (χ4v) is 3.78. The van der Waals surface area contributed by atoms with Crippen molar-refractivity contribution in [3.63, 3.8) is 0 Å². The molecule has 0 bridgehead atoms. The molecule has 2 unspecified atom stereocenters. The molecule has 1 fully saturated rings. The van der Waals surface area contributed by atoms with Crippen LogP contribution in [0.1, 0.15) is 66.9 Å². The Morgan fingerprint density at radius 1 is 1.23 bits per heavy atom. The Morgan fingerprint density at radius 2 is 1.97 bits per heavy atom. The third-order valence-electron chi connectivity index (χ3n) is 5.67. The number of aryl methyl sites for hydroxylation is 2. The highest BCUT2D eigenvalue weighted by Gasteiger charge is 2.30. The summed E-state index contributed by atoms with van der Waals surface area (Å²) in [6.07, 6.45) is 3.26. The van der Waals surface area contributed by atoms with E-state index in [2.05, 4.69) is 12.1 Å². The number of hydrogen-bond donors (Lipinski definition) is 0. The molecule has 2 atom stereocenters. The largest absolute Gasteiger partial charge is 0.489 e. The van der Waals surface area contributed by atoms with E-state index in [4.69, 9.17) is 14.0 Å². The van der Waals surface area contributed by atoms with Crippen molar-refractivity contribution < 1.29 is 23.6 Å². The Morgan fingerprint density at radius 3 is 2.60 bits per heavy atom. The van der Waals surface area contributed by atoms with Crippen molar-refractivity contribution in [3.05, 3.63) is 46.8 Å². The number of likely N-dealkylation sites (tertiary alicyclic amines) is 1. The Kier molecular flexibility index (Phi) is 7.13. The second kappa shape index (κ2) is 9.78. The molecule has 1 amide bonds. The highest BCUT2D eigenvalue weighted by Crippen LogP contribution is 2.22. The van der Waals surface area contributed by atoms with Crippen molar-refractivity contribution in [1.29, 1.82) is 0 Å². The summed E-state index contributed by atoms with van der Waals surface area (Å²) in [5.41, 5.74) is 2.09. The molecule has 0 spiro atoms. The number of aromatic nitrogens is 1. The van der Waals surface area contributed by atoms with Gasteiger partial charge in [0.1, 0.15) is 18.1 Å². The lowest BCUT2D eigenvalue weighted by Crippen LogP contribution is -2.48. The van der Waals surface area contributed by atoms with Gasteiger partial charge in [0.15, 0.2) is 6.10 Å². The van der Waals surface area contributed by atoms with E-state index in [1.165, 1.54) is 0 Å². The van der Waals surface area contributed by atoms with E-state index in [9.17, 15) is 9.59 Å². The molecule has 3 rings (SSSR count). The van der Waals surface area contributed by atoms with Gasteiger partial charge >= 0.3 is 5.97 Å². The van der Waals surface area contributed by atoms with E-state index in [0.29, 0.717) is 17.9 Å². The standard InChI is InChI=1S/C23H30N2O5/c1-5-19-8-6-7-13-25(19)22(26)17(4)29-23(27)18-9-11-20(12-10-18)28-14-21-15(2)24-30-16(21)3/h9-12,17,19H,5-8,13-14H2,1-4H3. The van der Waals surface area contributed by atoms with Crippen molar-refractivity contribution in [2.24, 2.45) is 0 Å². The van der Waals surface area contributed by atoms with E-state index in [1.54, 1.807) is 31.2 Å². The van der Waals surface area contributed by atoms with Crippen LogP contribution < -0.4 is 4.74 Å². The zero-order chi connectivity index (χ0) is 21.7. The number of amides is 1. The zero-order valence-electron chi connectivity index (χ0n) is 18.1. The monoisotopic (exact) mass is 414 g/mol. The summed E-state index contributed by atoms with van der Waals surface area (Å²) in [7, 11) is 0. The predicted octanol–water partition coefficient (Wildman–Crippen LogP) is 4.21. The number of carbonyl (C=O) groups excluding carboxylic acids is 2. The summed E-state index contributed by atoms with van der Waals surface area (Å²) in [5.74, 6) is 0.715. The van der Waals surface area contributed by atoms with Crippen molar-refractivity contribution in [3.8, 4) is 5.75 Å². The third kappa shape index (κ3) is 5.01. The molecule has 30 heavy (non-hydrogen) atoms. The predicted molar refractivity (Wildman–Crippen MR) is 111 cm³/mol. The quantitative estimate of drug-likeness (QED) is 0.632. The highest BCUT2D eigenvalue weighted by molar-refractivity contribution is 5.92. The maximum absolute atomic E-state index is 12.8. The Bertz CT molecular complexity index is 855. The van der Waals surface area contributed by atoms with E-state index in [0.717, 1.165) is 49.2 Å². The molecular weight excluding hydrogens is 384 g/mol. The minimum Gasteiger partial charge on any atom is -0.489 e. The molecule has 0 N–H and O–H groups in total. The van der Waals surface area contributed by atoms with Crippen LogP contribution in [0.5, 0.6) is 5.75 Å². The number of esters is 1. The Balaban J connectivity index is 1.55. The Labute approximate surface area is 177 Å². The van der Waals surface area contributed by atoms with Crippen LogP contribution in [0.25, 0.3) is 0 Å². The molecule has 1 saturated heterocycles. The van der Waals surface area contributed by atoms with Gasteiger partial charge in [-0.2, -0.15) is 0 Å². The van der Waals surface area contributed by atoms with Gasteiger partial charge in [-0.25, -0.2) is 4.79 Å². The van der Waals surface area contributed by atoms with Crippen LogP contribution >= 0.6 is 0 Å². The van der Waals surface area contributed by atoms with Gasteiger partial charge in [0, 0.05) is 12.6 Å². The van der Waals surface area contributed by atoms with Gasteiger partial charge in [0.25, 0.3) is 5.91 Å². The van der Waals surface area contributed by atoms with Crippen LogP contribution in [0.4, 0.5) is 0 Å². The van der Waals surface area contributed by atoms with E-state index < -0.39 is 12.1 Å². The molecule has 1 aromatic heterocycles. The van der Waals surface area contributed by atoms with Gasteiger partial charge in [-0.1, -0.05) is 12.1 Å². The maximum atomic E-state index is 12.8. The van der Waals surface area contributed by atoms with E-state index in [-0.39, 0.29) is 11.9 Å². The fourth-order valence-electron chi connectivity index (χ4n) is 3.78. The van der Waals surface area contributed by atoms with Crippen LogP contribution in [-0.2, 0) is 16.1 Å². The molecule has 0 radical (unpaired) electrons. The number of benzene rings is 1. The van der Waals surface area contributed by atoms with Gasteiger partial charge in [0.2, 0.25) is 0 Å². The fraction of sp³-hybridized carbons (Fsp3) is 0.522. The summed E-state index contributed by atoms with van der Waals surface area (Å²) in [6, 6.07) is 6.93. The van der Waals surface area contributed by atoms with Crippen molar-refractivity contribution in [2.75, 3.05) is 6.54 Å². The van der Waals surface area contributed by atoms with Crippen LogP contribution in [0.15, 0.2) is 28.8 Å². The Hall–Kier alpha value is -2.83. The number of nitrogens with zero attached hydrogens (tertiary/aromatic N) is 2. The lowest BCUT2D eigenvalue weighted by atomic mass is 9.99. The van der Waals surface area contributed by atoms with E-state index >= 15 is 0 Å². The van der Waals surface area contributed by atoms with Gasteiger partial charge in [-0.15, -0.1) is 0 Å². The van der Waals surface area contributed by atoms with Gasteiger partial charge in [-0.3, -0.25) is 4.79 Å². The molecule has 162 valence electrons. The van der Waals surface area contributed by atoms with Crippen LogP contribution in [-0.4, -0.2) is 40.6 Å². The molecule has 1 aliphatic heterocycles. The minimum absolute atomic E-state index is 0.116. The number of hydrogen-bond acceptors (Lipinski definition) is 6. The van der Waals surface area contributed by atoms with Crippen LogP contribution in [0.2, 0.25) is 0 Å². The summed E-state index contributed by atoms with van der Waals surface area (Å²) in [4.78, 5) is 27.1. The molecule has 1 aliphatic rings. The van der Waals surface area contributed by atoms with Crippen LogP contribution in [0.3, 0.4) is 0 Å². The second-order valence-corrected chi connectivity index (χ2v) is 7.75. The molecule has 2 heterocycles. The van der Waals surface area contributed by atoms with Crippen molar-refractivity contribution >= 4 is 11.9 Å².